The predicted octanol–water partition coefficient (Wildman–Crippen LogP) is 3.54. The van der Waals surface area contributed by atoms with Gasteiger partial charge >= 0.3 is 0 Å². The highest BCUT2D eigenvalue weighted by atomic mass is 15.2. The Morgan fingerprint density at radius 3 is 2.20 bits per heavy atom. The van der Waals surface area contributed by atoms with Crippen LogP contribution in [0.5, 0.6) is 0 Å². The molecule has 1 aliphatic carbocycles. The van der Waals surface area contributed by atoms with Crippen molar-refractivity contribution in [1.82, 2.24) is 4.90 Å². The summed E-state index contributed by atoms with van der Waals surface area (Å²) in [6, 6.07) is -2.71. The van der Waals surface area contributed by atoms with Gasteiger partial charge in [-0.2, -0.15) is 0 Å². The van der Waals surface area contributed by atoms with E-state index in [-0.39, 0.29) is 0 Å². The van der Waals surface area contributed by atoms with Crippen LogP contribution in [0.2, 0.25) is 0 Å². The summed E-state index contributed by atoms with van der Waals surface area (Å²) >= 11 is 0. The molecule has 88 valence electrons. The first-order valence-corrected chi connectivity index (χ1v) is 5.42. The van der Waals surface area contributed by atoms with Gasteiger partial charge in [-0.3, -0.25) is 4.90 Å². The van der Waals surface area contributed by atoms with Crippen LogP contribution in [0.4, 0.5) is 0 Å². The van der Waals surface area contributed by atoms with Crippen LogP contribution in [0.3, 0.4) is 0 Å². The standard InChI is InChI=1S/C14H27N/c1-13(2,3)12-8-11-7-10(12)9-15(11)14(4,5)6/h10-12H,7-9H2,1-6H3/t10-,11-,12?/m1/s1/i7D2,8D2,9D2,10D,11D,12D. The summed E-state index contributed by atoms with van der Waals surface area (Å²) in [6.07, 6.45) is -5.67. The molecule has 0 spiro atoms. The third-order valence-corrected chi connectivity index (χ3v) is 2.60. The summed E-state index contributed by atoms with van der Waals surface area (Å²) in [4.78, 5) is 0.832. The van der Waals surface area contributed by atoms with Crippen LogP contribution in [0.15, 0.2) is 0 Å². The molecule has 15 heavy (non-hydrogen) atoms. The van der Waals surface area contributed by atoms with Gasteiger partial charge in [-0.1, -0.05) is 20.8 Å². The number of nitrogens with zero attached hydrogens (tertiary/aromatic N) is 1. The third kappa shape index (κ3) is 1.95. The molecular formula is C14H27N. The van der Waals surface area contributed by atoms with Crippen molar-refractivity contribution in [1.29, 1.82) is 0 Å². The van der Waals surface area contributed by atoms with Gasteiger partial charge in [-0.15, -0.1) is 0 Å². The van der Waals surface area contributed by atoms with Crippen molar-refractivity contribution in [2.75, 3.05) is 6.50 Å². The molecule has 2 rings (SSSR count). The van der Waals surface area contributed by atoms with Crippen molar-refractivity contribution in [3.8, 4) is 0 Å². The smallest absolute Gasteiger partial charge is 0.0468 e. The minimum atomic E-state index is -2.89. The van der Waals surface area contributed by atoms with Crippen LogP contribution in [0, 0.1) is 17.2 Å². The molecule has 3 atom stereocenters. The summed E-state index contributed by atoms with van der Waals surface area (Å²) in [5.74, 6) is -5.26. The SMILES string of the molecule is [2H]C1([2H])C([2H])(C(C)(C)C)[C@@]2([2H])C([2H])([2H])N(C(C)(C)C)[C@]1([2H])C2([2H])[2H]. The molecule has 1 nitrogen and oxygen atoms in total. The molecule has 1 unspecified atom stereocenters. The quantitative estimate of drug-likeness (QED) is 0.601. The minimum absolute atomic E-state index is 0.832. The van der Waals surface area contributed by atoms with E-state index in [2.05, 4.69) is 0 Å². The molecule has 0 amide bonds. The summed E-state index contributed by atoms with van der Waals surface area (Å²) in [7, 11) is 0. The second-order valence-corrected chi connectivity index (χ2v) is 6.22. The second kappa shape index (κ2) is 3.23. The zero-order chi connectivity index (χ0) is 19.6. The lowest BCUT2D eigenvalue weighted by atomic mass is 9.73. The summed E-state index contributed by atoms with van der Waals surface area (Å²) in [5, 5.41) is 0. The summed E-state index contributed by atoms with van der Waals surface area (Å²) in [5.41, 5.74) is -2.36. The highest BCUT2D eigenvalue weighted by Gasteiger charge is 2.50. The fourth-order valence-corrected chi connectivity index (χ4v) is 1.82. The Kier molecular flexibility index (Phi) is 1.01. The highest BCUT2D eigenvalue weighted by molar-refractivity contribution is 5.03. The van der Waals surface area contributed by atoms with Gasteiger partial charge in [0.2, 0.25) is 0 Å². The Balaban J connectivity index is 3.04. The molecule has 0 aromatic heterocycles. The molecule has 1 saturated carbocycles. The number of likely N-dealkylation sites (tertiary alicyclic amines) is 1. The molecule has 0 radical (unpaired) electrons. The van der Waals surface area contributed by atoms with Crippen LogP contribution in [0.1, 0.15) is 66.6 Å². The normalized spacial score (nSPS) is 71.2. The van der Waals surface area contributed by atoms with E-state index < -0.39 is 48.0 Å². The van der Waals surface area contributed by atoms with E-state index in [1.807, 2.05) is 0 Å². The van der Waals surface area contributed by atoms with Gasteiger partial charge in [0.1, 0.15) is 0 Å². The molecule has 1 heterocycles. The van der Waals surface area contributed by atoms with E-state index >= 15 is 0 Å². The first-order chi connectivity index (χ1) is 10.1. The lowest BCUT2D eigenvalue weighted by Crippen LogP contribution is -2.48. The van der Waals surface area contributed by atoms with Gasteiger partial charge in [0, 0.05) is 30.4 Å². The van der Waals surface area contributed by atoms with Crippen molar-refractivity contribution in [2.45, 2.75) is 65.8 Å². The molecule has 1 heteroatoms. The van der Waals surface area contributed by atoms with Crippen LogP contribution in [0.25, 0.3) is 0 Å². The first-order valence-electron chi connectivity index (χ1n) is 9.92. The van der Waals surface area contributed by atoms with E-state index in [1.54, 1.807) is 20.8 Å². The molecule has 0 aromatic carbocycles. The monoisotopic (exact) mass is 218 g/mol. The van der Waals surface area contributed by atoms with Crippen molar-refractivity contribution in [3.05, 3.63) is 0 Å². The Hall–Kier alpha value is -0.0400. The van der Waals surface area contributed by atoms with Gasteiger partial charge in [0.25, 0.3) is 0 Å². The molecule has 2 aliphatic rings. The van der Waals surface area contributed by atoms with Crippen molar-refractivity contribution >= 4 is 0 Å². The van der Waals surface area contributed by atoms with E-state index in [0.717, 1.165) is 4.90 Å². The minimum Gasteiger partial charge on any atom is -0.295 e. The lowest BCUT2D eigenvalue weighted by Gasteiger charge is -2.44. The molecule has 2 bridgehead atoms. The van der Waals surface area contributed by atoms with Crippen LogP contribution >= 0.6 is 0 Å². The zero-order valence-electron chi connectivity index (χ0n) is 19.4. The van der Waals surface area contributed by atoms with Gasteiger partial charge in [0.15, 0.2) is 0 Å². The molecular weight excluding hydrogens is 182 g/mol. The summed E-state index contributed by atoms with van der Waals surface area (Å²) < 4.78 is 77.6. The van der Waals surface area contributed by atoms with Gasteiger partial charge < -0.3 is 0 Å². The van der Waals surface area contributed by atoms with Crippen LogP contribution < -0.4 is 0 Å². The maximum Gasteiger partial charge on any atom is 0.0468 e. The molecule has 1 saturated heterocycles. The molecule has 1 aliphatic heterocycles. The average molecular weight is 218 g/mol. The average Bonchev–Trinajstić information content (AvgIpc) is 2.43. The topological polar surface area (TPSA) is 3.24 Å². The number of hydrogen-bond acceptors (Lipinski definition) is 1. The molecule has 0 N–H and O–H groups in total. The number of rotatable bonds is 0. The molecule has 0 aromatic rings. The lowest BCUT2D eigenvalue weighted by molar-refractivity contribution is 0.0462. The Bertz CT molecular complexity index is 576. The fraction of sp³-hybridized carbons (Fsp3) is 1.00. The van der Waals surface area contributed by atoms with Crippen molar-refractivity contribution < 1.29 is 12.3 Å². The largest absolute Gasteiger partial charge is 0.295 e. The number of piperidine rings is 1. The van der Waals surface area contributed by atoms with Gasteiger partial charge in [-0.25, -0.2) is 0 Å². The highest BCUT2D eigenvalue weighted by Crippen LogP contribution is 2.51. The van der Waals surface area contributed by atoms with Crippen LogP contribution in [-0.2, 0) is 0 Å². The zero-order valence-corrected chi connectivity index (χ0v) is 10.4. The van der Waals surface area contributed by atoms with E-state index in [1.165, 1.54) is 20.8 Å². The second-order valence-electron chi connectivity index (χ2n) is 6.22. The Labute approximate surface area is 108 Å². The van der Waals surface area contributed by atoms with Crippen LogP contribution in [-0.4, -0.2) is 23.0 Å². The molecule has 2 fully saturated rings. The first kappa shape index (κ1) is 4.68. The van der Waals surface area contributed by atoms with E-state index in [9.17, 15) is 0 Å². The summed E-state index contributed by atoms with van der Waals surface area (Å²) in [6.45, 7) is 6.53. The van der Waals surface area contributed by atoms with Crippen molar-refractivity contribution in [3.63, 3.8) is 0 Å². The fourth-order valence-electron chi connectivity index (χ4n) is 1.82. The Morgan fingerprint density at radius 2 is 1.73 bits per heavy atom. The maximum absolute atomic E-state index is 8.86. The number of hydrogen-bond donors (Lipinski definition) is 0. The van der Waals surface area contributed by atoms with E-state index in [4.69, 9.17) is 12.3 Å². The third-order valence-electron chi connectivity index (χ3n) is 2.60. The van der Waals surface area contributed by atoms with E-state index in [0.29, 0.717) is 0 Å². The van der Waals surface area contributed by atoms with Gasteiger partial charge in [0.05, 0.1) is 0 Å². The predicted molar refractivity (Wildman–Crippen MR) is 65.9 cm³/mol. The van der Waals surface area contributed by atoms with Gasteiger partial charge in [-0.05, 0) is 50.7 Å². The van der Waals surface area contributed by atoms with Crippen molar-refractivity contribution in [2.24, 2.45) is 17.2 Å². The Morgan fingerprint density at radius 1 is 1.13 bits per heavy atom. The number of fused-ring (bicyclic) bond motifs is 2. The maximum atomic E-state index is 8.86.